The van der Waals surface area contributed by atoms with Crippen LogP contribution in [0.15, 0.2) is 18.2 Å². The standard InChI is InChI=1S/C16H22ClN3/c17-14-7-8-16(13(11-14)12-18)20-10-9-19-15-5-3-1-2-4-6-15/h7-8,11,15,19-20H,1-6,9-10H2. The highest BCUT2D eigenvalue weighted by molar-refractivity contribution is 6.30. The van der Waals surface area contributed by atoms with Crippen molar-refractivity contribution in [3.63, 3.8) is 0 Å². The summed E-state index contributed by atoms with van der Waals surface area (Å²) >= 11 is 5.88. The molecule has 0 spiro atoms. The lowest BCUT2D eigenvalue weighted by atomic mass is 10.1. The molecule has 0 heterocycles. The molecule has 1 saturated carbocycles. The summed E-state index contributed by atoms with van der Waals surface area (Å²) in [7, 11) is 0. The predicted molar refractivity (Wildman–Crippen MR) is 84.1 cm³/mol. The van der Waals surface area contributed by atoms with Gasteiger partial charge in [0.1, 0.15) is 6.07 Å². The van der Waals surface area contributed by atoms with Crippen LogP contribution in [0.25, 0.3) is 0 Å². The van der Waals surface area contributed by atoms with Crippen molar-refractivity contribution >= 4 is 17.3 Å². The minimum absolute atomic E-state index is 0.601. The monoisotopic (exact) mass is 291 g/mol. The normalized spacial score (nSPS) is 16.4. The second-order valence-corrected chi connectivity index (χ2v) is 5.81. The average molecular weight is 292 g/mol. The molecule has 0 atom stereocenters. The summed E-state index contributed by atoms with van der Waals surface area (Å²) in [6, 6.07) is 8.21. The molecule has 0 aliphatic heterocycles. The molecule has 1 aromatic carbocycles. The number of halogens is 1. The van der Waals surface area contributed by atoms with Crippen molar-refractivity contribution in [1.29, 1.82) is 5.26 Å². The Morgan fingerprint density at radius 3 is 2.60 bits per heavy atom. The SMILES string of the molecule is N#Cc1cc(Cl)ccc1NCCNC1CCCCCC1. The van der Waals surface area contributed by atoms with E-state index in [2.05, 4.69) is 16.7 Å². The van der Waals surface area contributed by atoms with Gasteiger partial charge in [-0.15, -0.1) is 0 Å². The smallest absolute Gasteiger partial charge is 0.101 e. The number of anilines is 1. The van der Waals surface area contributed by atoms with Gasteiger partial charge in [0.2, 0.25) is 0 Å². The van der Waals surface area contributed by atoms with Crippen molar-refractivity contribution in [1.82, 2.24) is 5.32 Å². The summed E-state index contributed by atoms with van der Waals surface area (Å²) < 4.78 is 0. The van der Waals surface area contributed by atoms with Gasteiger partial charge in [0.05, 0.1) is 11.3 Å². The van der Waals surface area contributed by atoms with Crippen LogP contribution in [0.2, 0.25) is 5.02 Å². The Labute approximate surface area is 126 Å². The van der Waals surface area contributed by atoms with Gasteiger partial charge < -0.3 is 10.6 Å². The Morgan fingerprint density at radius 2 is 1.90 bits per heavy atom. The van der Waals surface area contributed by atoms with Crippen LogP contribution in [-0.4, -0.2) is 19.1 Å². The van der Waals surface area contributed by atoms with Crippen LogP contribution in [0.3, 0.4) is 0 Å². The highest BCUT2D eigenvalue weighted by Crippen LogP contribution is 2.20. The van der Waals surface area contributed by atoms with Crippen LogP contribution in [0.1, 0.15) is 44.1 Å². The van der Waals surface area contributed by atoms with E-state index in [1.807, 2.05) is 12.1 Å². The van der Waals surface area contributed by atoms with Crippen LogP contribution in [-0.2, 0) is 0 Å². The third kappa shape index (κ3) is 4.70. The number of benzene rings is 1. The fourth-order valence-corrected chi connectivity index (χ4v) is 2.89. The second-order valence-electron chi connectivity index (χ2n) is 5.37. The Morgan fingerprint density at radius 1 is 1.15 bits per heavy atom. The van der Waals surface area contributed by atoms with Crippen molar-refractivity contribution < 1.29 is 0 Å². The Kier molecular flexibility index (Phi) is 6.17. The molecule has 0 radical (unpaired) electrons. The maximum atomic E-state index is 9.07. The van der Waals surface area contributed by atoms with Crippen LogP contribution in [0.4, 0.5) is 5.69 Å². The van der Waals surface area contributed by atoms with E-state index in [1.54, 1.807) is 6.07 Å². The van der Waals surface area contributed by atoms with Gasteiger partial charge in [-0.05, 0) is 31.0 Å². The van der Waals surface area contributed by atoms with Crippen LogP contribution < -0.4 is 10.6 Å². The van der Waals surface area contributed by atoms with Gasteiger partial charge in [0, 0.05) is 24.2 Å². The maximum absolute atomic E-state index is 9.07. The van der Waals surface area contributed by atoms with E-state index in [0.29, 0.717) is 16.6 Å². The van der Waals surface area contributed by atoms with E-state index < -0.39 is 0 Å². The van der Waals surface area contributed by atoms with E-state index in [1.165, 1.54) is 38.5 Å². The van der Waals surface area contributed by atoms with E-state index >= 15 is 0 Å². The van der Waals surface area contributed by atoms with Crippen molar-refractivity contribution in [3.8, 4) is 6.07 Å². The molecule has 4 heteroatoms. The zero-order valence-electron chi connectivity index (χ0n) is 11.8. The van der Waals surface area contributed by atoms with Crippen molar-refractivity contribution in [2.75, 3.05) is 18.4 Å². The summed E-state index contributed by atoms with van der Waals surface area (Å²) in [6.45, 7) is 1.75. The second kappa shape index (κ2) is 8.14. The van der Waals surface area contributed by atoms with Gasteiger partial charge in [0.25, 0.3) is 0 Å². The van der Waals surface area contributed by atoms with Gasteiger partial charge in [-0.25, -0.2) is 0 Å². The number of nitrogens with one attached hydrogen (secondary N) is 2. The number of nitrogens with zero attached hydrogens (tertiary/aromatic N) is 1. The minimum Gasteiger partial charge on any atom is -0.383 e. The number of nitriles is 1. The molecule has 2 N–H and O–H groups in total. The first kappa shape index (κ1) is 15.2. The van der Waals surface area contributed by atoms with Gasteiger partial charge in [0.15, 0.2) is 0 Å². The molecule has 108 valence electrons. The summed E-state index contributed by atoms with van der Waals surface area (Å²) in [5, 5.41) is 16.6. The van der Waals surface area contributed by atoms with E-state index in [-0.39, 0.29) is 0 Å². The van der Waals surface area contributed by atoms with Gasteiger partial charge >= 0.3 is 0 Å². The molecule has 1 aliphatic carbocycles. The highest BCUT2D eigenvalue weighted by atomic mass is 35.5. The van der Waals surface area contributed by atoms with Crippen molar-refractivity contribution in [2.45, 2.75) is 44.6 Å². The zero-order valence-corrected chi connectivity index (χ0v) is 12.5. The van der Waals surface area contributed by atoms with Crippen LogP contribution in [0, 0.1) is 11.3 Å². The molecular formula is C16H22ClN3. The molecule has 0 saturated heterocycles. The molecule has 3 nitrogen and oxygen atoms in total. The Bertz CT molecular complexity index is 459. The fraction of sp³-hybridized carbons (Fsp3) is 0.562. The Balaban J connectivity index is 1.74. The first-order valence-electron chi connectivity index (χ1n) is 7.46. The lowest BCUT2D eigenvalue weighted by molar-refractivity contribution is 0.468. The van der Waals surface area contributed by atoms with Crippen molar-refractivity contribution in [2.24, 2.45) is 0 Å². The third-order valence-corrected chi connectivity index (χ3v) is 4.07. The molecule has 1 fully saturated rings. The molecule has 0 unspecified atom stereocenters. The summed E-state index contributed by atoms with van der Waals surface area (Å²) in [5.74, 6) is 0. The number of hydrogen-bond donors (Lipinski definition) is 2. The molecule has 0 amide bonds. The molecule has 20 heavy (non-hydrogen) atoms. The van der Waals surface area contributed by atoms with Gasteiger partial charge in [-0.2, -0.15) is 5.26 Å². The molecule has 1 aliphatic rings. The van der Waals surface area contributed by atoms with E-state index in [0.717, 1.165) is 18.8 Å². The third-order valence-electron chi connectivity index (χ3n) is 3.83. The predicted octanol–water partition coefficient (Wildman–Crippen LogP) is 3.94. The lowest BCUT2D eigenvalue weighted by Gasteiger charge is -2.17. The molecular weight excluding hydrogens is 270 g/mol. The average Bonchev–Trinajstić information content (AvgIpc) is 2.73. The maximum Gasteiger partial charge on any atom is 0.101 e. The summed E-state index contributed by atoms with van der Waals surface area (Å²) in [5.41, 5.74) is 1.46. The highest BCUT2D eigenvalue weighted by Gasteiger charge is 2.10. The fourth-order valence-electron chi connectivity index (χ4n) is 2.72. The Hall–Kier alpha value is -1.24. The van der Waals surface area contributed by atoms with E-state index in [4.69, 9.17) is 16.9 Å². The quantitative estimate of drug-likeness (QED) is 0.638. The first-order valence-corrected chi connectivity index (χ1v) is 7.84. The van der Waals surface area contributed by atoms with Crippen LogP contribution >= 0.6 is 11.6 Å². The number of rotatable bonds is 5. The summed E-state index contributed by atoms with van der Waals surface area (Å²) in [4.78, 5) is 0. The largest absolute Gasteiger partial charge is 0.383 e. The first-order chi connectivity index (χ1) is 9.79. The topological polar surface area (TPSA) is 47.9 Å². The molecule has 2 rings (SSSR count). The van der Waals surface area contributed by atoms with Crippen LogP contribution in [0.5, 0.6) is 0 Å². The van der Waals surface area contributed by atoms with Gasteiger partial charge in [-0.3, -0.25) is 0 Å². The zero-order chi connectivity index (χ0) is 14.2. The minimum atomic E-state index is 0.601. The molecule has 1 aromatic rings. The molecule has 0 aromatic heterocycles. The van der Waals surface area contributed by atoms with Crippen molar-refractivity contribution in [3.05, 3.63) is 28.8 Å². The lowest BCUT2D eigenvalue weighted by Crippen LogP contribution is -2.32. The van der Waals surface area contributed by atoms with Gasteiger partial charge in [-0.1, -0.05) is 37.3 Å². The van der Waals surface area contributed by atoms with E-state index in [9.17, 15) is 0 Å². The molecule has 0 bridgehead atoms. The number of hydrogen-bond acceptors (Lipinski definition) is 3. The summed E-state index contributed by atoms with van der Waals surface area (Å²) in [6.07, 6.45) is 8.05.